The largest absolute Gasteiger partial charge is 0.326 e. The van der Waals surface area contributed by atoms with E-state index in [2.05, 4.69) is 9.97 Å². The summed E-state index contributed by atoms with van der Waals surface area (Å²) in [6.45, 7) is 2.29. The fourth-order valence-electron chi connectivity index (χ4n) is 1.83. The van der Waals surface area contributed by atoms with E-state index in [4.69, 9.17) is 5.73 Å². The summed E-state index contributed by atoms with van der Waals surface area (Å²) < 4.78 is 13.4. The highest BCUT2D eigenvalue weighted by Crippen LogP contribution is 2.26. The van der Waals surface area contributed by atoms with Crippen LogP contribution < -0.4 is 11.3 Å². The highest BCUT2D eigenvalue weighted by atomic mass is 32.2. The first-order valence-electron chi connectivity index (χ1n) is 6.38. The topological polar surface area (TPSA) is 71.8 Å². The van der Waals surface area contributed by atoms with Crippen LogP contribution in [-0.2, 0) is 13.0 Å². The van der Waals surface area contributed by atoms with Crippen molar-refractivity contribution in [2.75, 3.05) is 0 Å². The molecule has 4 nitrogen and oxygen atoms in total. The van der Waals surface area contributed by atoms with Crippen molar-refractivity contribution < 1.29 is 4.39 Å². The second-order valence-electron chi connectivity index (χ2n) is 4.39. The van der Waals surface area contributed by atoms with E-state index in [1.165, 1.54) is 30.0 Å². The molecule has 0 spiro atoms. The van der Waals surface area contributed by atoms with E-state index in [0.29, 0.717) is 15.6 Å². The van der Waals surface area contributed by atoms with E-state index >= 15 is 0 Å². The number of halogens is 1. The molecule has 1 aromatic heterocycles. The lowest BCUT2D eigenvalue weighted by Crippen LogP contribution is -2.09. The summed E-state index contributed by atoms with van der Waals surface area (Å²) in [5.41, 5.74) is 6.78. The fourth-order valence-corrected chi connectivity index (χ4v) is 2.74. The Hall–Kier alpha value is -1.66. The van der Waals surface area contributed by atoms with Gasteiger partial charge in [-0.2, -0.15) is 0 Å². The van der Waals surface area contributed by atoms with Crippen LogP contribution in [0, 0.1) is 5.82 Å². The van der Waals surface area contributed by atoms with Gasteiger partial charge >= 0.3 is 0 Å². The Morgan fingerprint density at radius 1 is 1.35 bits per heavy atom. The first-order chi connectivity index (χ1) is 9.60. The molecule has 0 radical (unpaired) electrons. The van der Waals surface area contributed by atoms with Crippen LogP contribution in [0.3, 0.4) is 0 Å². The SMILES string of the molecule is CCCc1cc(=O)[nH]c(Sc2cc(F)cc(CN)c2)n1. The van der Waals surface area contributed by atoms with E-state index in [0.717, 1.165) is 18.5 Å². The number of nitrogens with two attached hydrogens (primary N) is 1. The number of aromatic nitrogens is 2. The molecule has 2 rings (SSSR count). The molecule has 0 saturated heterocycles. The van der Waals surface area contributed by atoms with Crippen molar-refractivity contribution >= 4 is 11.8 Å². The summed E-state index contributed by atoms with van der Waals surface area (Å²) in [7, 11) is 0. The Kier molecular flexibility index (Phi) is 4.92. The van der Waals surface area contributed by atoms with Crippen molar-refractivity contribution in [3.8, 4) is 0 Å². The number of hydrogen-bond donors (Lipinski definition) is 2. The second kappa shape index (κ2) is 6.67. The first kappa shape index (κ1) is 14.7. The quantitative estimate of drug-likeness (QED) is 0.831. The Morgan fingerprint density at radius 3 is 2.85 bits per heavy atom. The third kappa shape index (κ3) is 3.91. The number of H-pyrrole nitrogens is 1. The van der Waals surface area contributed by atoms with E-state index in [-0.39, 0.29) is 17.9 Å². The molecule has 106 valence electrons. The van der Waals surface area contributed by atoms with Gasteiger partial charge in [0.2, 0.25) is 0 Å². The maximum absolute atomic E-state index is 13.4. The van der Waals surface area contributed by atoms with Crippen LogP contribution in [0.15, 0.2) is 39.1 Å². The molecule has 0 aliphatic rings. The Bertz CT molecular complexity index is 657. The van der Waals surface area contributed by atoms with Gasteiger partial charge in [0.1, 0.15) is 5.82 Å². The normalized spacial score (nSPS) is 10.8. The standard InChI is InChI=1S/C14H16FN3OS/c1-2-3-11-7-13(19)18-14(17-11)20-12-5-9(8-16)4-10(15)6-12/h4-7H,2-3,8,16H2,1H3,(H,17,18,19). The monoisotopic (exact) mass is 293 g/mol. The Labute approximate surface area is 120 Å². The fraction of sp³-hybridized carbons (Fsp3) is 0.286. The van der Waals surface area contributed by atoms with Crippen molar-refractivity contribution in [1.82, 2.24) is 9.97 Å². The molecule has 0 bridgehead atoms. The maximum Gasteiger partial charge on any atom is 0.251 e. The summed E-state index contributed by atoms with van der Waals surface area (Å²) in [6.07, 6.45) is 1.66. The van der Waals surface area contributed by atoms with E-state index in [1.54, 1.807) is 6.07 Å². The molecule has 3 N–H and O–H groups in total. The van der Waals surface area contributed by atoms with E-state index in [9.17, 15) is 9.18 Å². The van der Waals surface area contributed by atoms with Crippen LogP contribution in [0.4, 0.5) is 4.39 Å². The molecule has 0 aliphatic heterocycles. The Balaban J connectivity index is 2.29. The van der Waals surface area contributed by atoms with Crippen molar-refractivity contribution in [2.45, 2.75) is 36.4 Å². The number of nitrogens with one attached hydrogen (secondary N) is 1. The molecule has 0 unspecified atom stereocenters. The molecule has 0 amide bonds. The minimum Gasteiger partial charge on any atom is -0.326 e. The summed E-state index contributed by atoms with van der Waals surface area (Å²) in [5, 5.41) is 0.467. The van der Waals surface area contributed by atoms with Crippen LogP contribution in [0.1, 0.15) is 24.6 Å². The van der Waals surface area contributed by atoms with Crippen LogP contribution in [-0.4, -0.2) is 9.97 Å². The molecule has 2 aromatic rings. The van der Waals surface area contributed by atoms with Crippen molar-refractivity contribution in [2.24, 2.45) is 5.73 Å². The molecule has 0 fully saturated rings. The summed E-state index contributed by atoms with van der Waals surface area (Å²) in [5.74, 6) is -0.345. The van der Waals surface area contributed by atoms with Gasteiger partial charge in [-0.15, -0.1) is 0 Å². The van der Waals surface area contributed by atoms with Crippen LogP contribution >= 0.6 is 11.8 Å². The number of hydrogen-bond acceptors (Lipinski definition) is 4. The molecule has 20 heavy (non-hydrogen) atoms. The van der Waals surface area contributed by atoms with Gasteiger partial charge in [-0.05, 0) is 30.2 Å². The lowest BCUT2D eigenvalue weighted by atomic mass is 10.2. The van der Waals surface area contributed by atoms with Gasteiger partial charge in [-0.25, -0.2) is 9.37 Å². The van der Waals surface area contributed by atoms with Gasteiger partial charge < -0.3 is 10.7 Å². The summed E-state index contributed by atoms with van der Waals surface area (Å²) in [6, 6.07) is 6.08. The van der Waals surface area contributed by atoms with Gasteiger partial charge in [0.05, 0.1) is 0 Å². The number of aromatic amines is 1. The molecule has 6 heteroatoms. The van der Waals surface area contributed by atoms with Gasteiger partial charge in [-0.1, -0.05) is 25.1 Å². The molecule has 0 saturated carbocycles. The van der Waals surface area contributed by atoms with Crippen LogP contribution in [0.25, 0.3) is 0 Å². The minimum atomic E-state index is -0.345. The molecule has 1 heterocycles. The van der Waals surface area contributed by atoms with Crippen molar-refractivity contribution in [3.05, 3.63) is 51.7 Å². The Morgan fingerprint density at radius 2 is 2.15 bits per heavy atom. The van der Waals surface area contributed by atoms with Gasteiger partial charge in [0, 0.05) is 23.2 Å². The average molecular weight is 293 g/mol. The minimum absolute atomic E-state index is 0.193. The lowest BCUT2D eigenvalue weighted by Gasteiger charge is -2.05. The summed E-state index contributed by atoms with van der Waals surface area (Å²) >= 11 is 1.22. The average Bonchev–Trinajstić information content (AvgIpc) is 2.37. The zero-order valence-corrected chi connectivity index (χ0v) is 12.0. The highest BCUT2D eigenvalue weighted by molar-refractivity contribution is 7.99. The molecular formula is C14H16FN3OS. The van der Waals surface area contributed by atoms with Gasteiger partial charge in [0.25, 0.3) is 5.56 Å². The molecular weight excluding hydrogens is 277 g/mol. The zero-order valence-electron chi connectivity index (χ0n) is 11.1. The van der Waals surface area contributed by atoms with Crippen molar-refractivity contribution in [3.63, 3.8) is 0 Å². The van der Waals surface area contributed by atoms with Crippen molar-refractivity contribution in [1.29, 1.82) is 0 Å². The predicted octanol–water partition coefficient (Wildman–Crippen LogP) is 2.47. The smallest absolute Gasteiger partial charge is 0.251 e. The second-order valence-corrected chi connectivity index (χ2v) is 5.46. The number of rotatable bonds is 5. The van der Waals surface area contributed by atoms with Gasteiger partial charge in [0.15, 0.2) is 5.16 Å². The van der Waals surface area contributed by atoms with E-state index < -0.39 is 0 Å². The maximum atomic E-state index is 13.4. The predicted molar refractivity (Wildman–Crippen MR) is 77.3 cm³/mol. The number of nitrogens with zero attached hydrogens (tertiary/aromatic N) is 1. The third-order valence-electron chi connectivity index (χ3n) is 2.66. The first-order valence-corrected chi connectivity index (χ1v) is 7.20. The third-order valence-corrected chi connectivity index (χ3v) is 3.52. The number of aryl methyl sites for hydroxylation is 1. The summed E-state index contributed by atoms with van der Waals surface area (Å²) in [4.78, 5) is 19.2. The molecule has 0 atom stereocenters. The van der Waals surface area contributed by atoms with Crippen LogP contribution in [0.2, 0.25) is 0 Å². The lowest BCUT2D eigenvalue weighted by molar-refractivity contribution is 0.621. The molecule has 1 aromatic carbocycles. The van der Waals surface area contributed by atoms with Crippen LogP contribution in [0.5, 0.6) is 0 Å². The van der Waals surface area contributed by atoms with E-state index in [1.807, 2.05) is 6.92 Å². The zero-order chi connectivity index (χ0) is 14.5. The highest BCUT2D eigenvalue weighted by Gasteiger charge is 2.06. The van der Waals surface area contributed by atoms with Gasteiger partial charge in [-0.3, -0.25) is 4.79 Å². The molecule has 0 aliphatic carbocycles. The number of benzene rings is 1.